The van der Waals surface area contributed by atoms with Crippen molar-refractivity contribution >= 4 is 60.7 Å². The maximum absolute atomic E-state index is 12.0. The Bertz CT molecular complexity index is 475. The van der Waals surface area contributed by atoms with E-state index in [1.807, 2.05) is 12.1 Å². The zero-order chi connectivity index (χ0) is 13.2. The monoisotopic (exact) mass is 378 g/mol. The fourth-order valence-corrected chi connectivity index (χ4v) is 2.22. The molecule has 0 aliphatic carbocycles. The molecule has 0 heterocycles. The minimum atomic E-state index is -0.873. The van der Waals surface area contributed by atoms with Gasteiger partial charge in [0.2, 0.25) is 5.91 Å². The molecule has 1 aromatic rings. The van der Waals surface area contributed by atoms with Gasteiger partial charge in [0.15, 0.2) is 0 Å². The lowest BCUT2D eigenvalue weighted by molar-refractivity contribution is -0.121. The van der Waals surface area contributed by atoms with Crippen LogP contribution in [-0.2, 0) is 4.79 Å². The van der Waals surface area contributed by atoms with Gasteiger partial charge in [0.05, 0.1) is 16.1 Å². The Labute approximate surface area is 122 Å². The maximum Gasteiger partial charge on any atom is 0.236 e. The van der Waals surface area contributed by atoms with Crippen molar-refractivity contribution in [3.8, 4) is 0 Å². The summed E-state index contributed by atoms with van der Waals surface area (Å²) in [5, 5.41) is 2.78. The molecule has 0 bridgehead atoms. The highest BCUT2D eigenvalue weighted by molar-refractivity contribution is 9.11. The SMILES string of the molecule is CC(C)(C(=O)Nc1ccc(Br)cc1Br)C(N)=S. The first kappa shape index (κ1) is 14.6. The fourth-order valence-electron chi connectivity index (χ4n) is 0.981. The summed E-state index contributed by atoms with van der Waals surface area (Å²) in [4.78, 5) is 12.2. The third-order valence-electron chi connectivity index (χ3n) is 2.36. The highest BCUT2D eigenvalue weighted by atomic mass is 79.9. The Hall–Kier alpha value is -0.460. The van der Waals surface area contributed by atoms with Gasteiger partial charge in [-0.05, 0) is 48.0 Å². The van der Waals surface area contributed by atoms with Gasteiger partial charge in [0.1, 0.15) is 0 Å². The van der Waals surface area contributed by atoms with Gasteiger partial charge in [-0.25, -0.2) is 0 Å². The Morgan fingerprint density at radius 1 is 1.41 bits per heavy atom. The lowest BCUT2D eigenvalue weighted by atomic mass is 9.92. The van der Waals surface area contributed by atoms with Crippen molar-refractivity contribution in [3.05, 3.63) is 27.1 Å². The number of hydrogen-bond donors (Lipinski definition) is 2. The van der Waals surface area contributed by atoms with Crippen molar-refractivity contribution in [1.82, 2.24) is 0 Å². The second-order valence-electron chi connectivity index (χ2n) is 4.07. The number of hydrogen-bond acceptors (Lipinski definition) is 2. The van der Waals surface area contributed by atoms with E-state index in [-0.39, 0.29) is 10.9 Å². The van der Waals surface area contributed by atoms with E-state index >= 15 is 0 Å². The molecule has 6 heteroatoms. The predicted octanol–water partition coefficient (Wildman–Crippen LogP) is 3.46. The molecule has 3 N–H and O–H groups in total. The molecule has 0 spiro atoms. The first-order valence-corrected chi connectivity index (χ1v) is 6.81. The molecule has 0 atom stereocenters. The number of rotatable bonds is 3. The number of anilines is 1. The van der Waals surface area contributed by atoms with Crippen LogP contribution in [-0.4, -0.2) is 10.9 Å². The van der Waals surface area contributed by atoms with Gasteiger partial charge in [-0.1, -0.05) is 28.1 Å². The first-order valence-electron chi connectivity index (χ1n) is 4.81. The molecule has 1 amide bonds. The minimum absolute atomic E-state index is 0.170. The zero-order valence-corrected chi connectivity index (χ0v) is 13.4. The van der Waals surface area contributed by atoms with E-state index < -0.39 is 5.41 Å². The van der Waals surface area contributed by atoms with Crippen LogP contribution in [0.5, 0.6) is 0 Å². The van der Waals surface area contributed by atoms with Crippen molar-refractivity contribution in [2.24, 2.45) is 11.1 Å². The number of benzene rings is 1. The van der Waals surface area contributed by atoms with Crippen LogP contribution in [0.4, 0.5) is 5.69 Å². The van der Waals surface area contributed by atoms with E-state index in [0.717, 1.165) is 8.95 Å². The molecule has 1 rings (SSSR count). The molecule has 0 fully saturated rings. The molecular formula is C11H12Br2N2OS. The lowest BCUT2D eigenvalue weighted by Gasteiger charge is -2.22. The van der Waals surface area contributed by atoms with Crippen molar-refractivity contribution in [1.29, 1.82) is 0 Å². The summed E-state index contributed by atoms with van der Waals surface area (Å²) in [5.74, 6) is -0.229. The fraction of sp³-hybridized carbons (Fsp3) is 0.273. The highest BCUT2D eigenvalue weighted by Crippen LogP contribution is 2.28. The van der Waals surface area contributed by atoms with E-state index in [9.17, 15) is 4.79 Å². The molecule has 92 valence electrons. The first-order chi connectivity index (χ1) is 7.75. The van der Waals surface area contributed by atoms with Gasteiger partial charge >= 0.3 is 0 Å². The third kappa shape index (κ3) is 3.50. The lowest BCUT2D eigenvalue weighted by Crippen LogP contribution is -2.41. The second kappa shape index (κ2) is 5.46. The van der Waals surface area contributed by atoms with E-state index in [1.165, 1.54) is 0 Å². The second-order valence-corrected chi connectivity index (χ2v) is 6.28. The van der Waals surface area contributed by atoms with Crippen molar-refractivity contribution in [2.75, 3.05) is 5.32 Å². The van der Waals surface area contributed by atoms with Crippen LogP contribution in [0.3, 0.4) is 0 Å². The maximum atomic E-state index is 12.0. The summed E-state index contributed by atoms with van der Waals surface area (Å²) in [7, 11) is 0. The smallest absolute Gasteiger partial charge is 0.236 e. The molecule has 0 saturated heterocycles. The van der Waals surface area contributed by atoms with E-state index in [0.29, 0.717) is 5.69 Å². The number of nitrogens with two attached hydrogens (primary N) is 1. The van der Waals surface area contributed by atoms with E-state index in [4.69, 9.17) is 18.0 Å². The summed E-state index contributed by atoms with van der Waals surface area (Å²) in [6.07, 6.45) is 0. The van der Waals surface area contributed by atoms with Gasteiger partial charge in [-0.3, -0.25) is 4.79 Å². The zero-order valence-electron chi connectivity index (χ0n) is 9.38. The molecule has 0 aromatic heterocycles. The Morgan fingerprint density at radius 3 is 2.47 bits per heavy atom. The summed E-state index contributed by atoms with van der Waals surface area (Å²) in [5.41, 5.74) is 5.35. The predicted molar refractivity (Wildman–Crippen MR) is 81.0 cm³/mol. The molecule has 0 radical (unpaired) electrons. The molecule has 0 saturated carbocycles. The Morgan fingerprint density at radius 2 is 2.00 bits per heavy atom. The van der Waals surface area contributed by atoms with Gasteiger partial charge in [-0.2, -0.15) is 0 Å². The van der Waals surface area contributed by atoms with E-state index in [2.05, 4.69) is 37.2 Å². The topological polar surface area (TPSA) is 55.1 Å². The van der Waals surface area contributed by atoms with Crippen LogP contribution in [0.1, 0.15) is 13.8 Å². The van der Waals surface area contributed by atoms with Gasteiger partial charge in [-0.15, -0.1) is 0 Å². The Kier molecular flexibility index (Phi) is 4.69. The number of halogens is 2. The van der Waals surface area contributed by atoms with Gasteiger partial charge in [0, 0.05) is 8.95 Å². The van der Waals surface area contributed by atoms with Gasteiger partial charge < -0.3 is 11.1 Å². The summed E-state index contributed by atoms with van der Waals surface area (Å²) >= 11 is 11.6. The molecule has 3 nitrogen and oxygen atoms in total. The summed E-state index contributed by atoms with van der Waals surface area (Å²) in [6.45, 7) is 3.38. The summed E-state index contributed by atoms with van der Waals surface area (Å²) < 4.78 is 1.72. The van der Waals surface area contributed by atoms with Crippen LogP contribution in [0.25, 0.3) is 0 Å². The van der Waals surface area contributed by atoms with Crippen LogP contribution in [0.15, 0.2) is 27.1 Å². The molecule has 17 heavy (non-hydrogen) atoms. The molecular weight excluding hydrogens is 368 g/mol. The largest absolute Gasteiger partial charge is 0.392 e. The van der Waals surface area contributed by atoms with Gasteiger partial charge in [0.25, 0.3) is 0 Å². The third-order valence-corrected chi connectivity index (χ3v) is 4.02. The summed E-state index contributed by atoms with van der Waals surface area (Å²) in [6, 6.07) is 5.49. The van der Waals surface area contributed by atoms with E-state index in [1.54, 1.807) is 19.9 Å². The average Bonchev–Trinajstić information content (AvgIpc) is 2.21. The van der Waals surface area contributed by atoms with Crippen molar-refractivity contribution in [3.63, 3.8) is 0 Å². The van der Waals surface area contributed by atoms with Crippen LogP contribution in [0, 0.1) is 5.41 Å². The van der Waals surface area contributed by atoms with Crippen LogP contribution >= 0.6 is 44.1 Å². The highest BCUT2D eigenvalue weighted by Gasteiger charge is 2.31. The minimum Gasteiger partial charge on any atom is -0.392 e. The number of amides is 1. The average molecular weight is 380 g/mol. The molecule has 0 aliphatic rings. The standard InChI is InChI=1S/C11H12Br2N2OS/c1-11(2,9(14)17)10(16)15-8-4-3-6(12)5-7(8)13/h3-5H,1-2H3,(H2,14,17)(H,15,16). The molecule has 1 aromatic carbocycles. The number of carbonyl (C=O) groups is 1. The normalized spacial score (nSPS) is 11.1. The molecule has 0 aliphatic heterocycles. The number of thiocarbonyl (C=S) groups is 1. The van der Waals surface area contributed by atoms with Crippen molar-refractivity contribution in [2.45, 2.75) is 13.8 Å². The quantitative estimate of drug-likeness (QED) is 0.790. The van der Waals surface area contributed by atoms with Crippen LogP contribution in [0.2, 0.25) is 0 Å². The van der Waals surface area contributed by atoms with Crippen LogP contribution < -0.4 is 11.1 Å². The number of carbonyl (C=O) groups excluding carboxylic acids is 1. The number of nitrogens with one attached hydrogen (secondary N) is 1. The Balaban J connectivity index is 2.92. The van der Waals surface area contributed by atoms with Crippen molar-refractivity contribution < 1.29 is 4.79 Å². The molecule has 0 unspecified atom stereocenters.